The molecule has 0 spiro atoms. The largest absolute Gasteiger partial charge is 0.481 e. The number of aromatic nitrogens is 3. The summed E-state index contributed by atoms with van der Waals surface area (Å²) in [6.07, 6.45) is 0.534. The zero-order chi connectivity index (χ0) is 26.9. The van der Waals surface area contributed by atoms with Crippen molar-refractivity contribution in [2.75, 3.05) is 11.9 Å². The molecule has 37 heavy (non-hydrogen) atoms. The van der Waals surface area contributed by atoms with E-state index < -0.39 is 28.8 Å². The predicted molar refractivity (Wildman–Crippen MR) is 135 cm³/mol. The second-order valence-electron chi connectivity index (χ2n) is 9.69. The Balaban J connectivity index is 1.60. The van der Waals surface area contributed by atoms with Crippen LogP contribution in [0.15, 0.2) is 30.3 Å². The van der Waals surface area contributed by atoms with Crippen LogP contribution in [0.2, 0.25) is 5.02 Å². The number of carbonyl (C=O) groups is 2. The lowest BCUT2D eigenvalue weighted by Gasteiger charge is -2.43. The van der Waals surface area contributed by atoms with Crippen LogP contribution < -0.4 is 5.32 Å². The highest BCUT2D eigenvalue weighted by Gasteiger charge is 2.45. The number of carboxylic acids is 1. The van der Waals surface area contributed by atoms with Gasteiger partial charge in [-0.3, -0.25) is 19.6 Å². The summed E-state index contributed by atoms with van der Waals surface area (Å²) in [5.74, 6) is -2.69. The fourth-order valence-corrected chi connectivity index (χ4v) is 5.09. The van der Waals surface area contributed by atoms with E-state index in [1.54, 1.807) is 25.1 Å². The van der Waals surface area contributed by atoms with E-state index in [1.165, 1.54) is 19.1 Å². The highest BCUT2D eigenvalue weighted by molar-refractivity contribution is 6.30. The van der Waals surface area contributed by atoms with Gasteiger partial charge < -0.3 is 10.4 Å². The van der Waals surface area contributed by atoms with Crippen LogP contribution >= 0.6 is 11.6 Å². The molecule has 0 saturated carbocycles. The van der Waals surface area contributed by atoms with Crippen molar-refractivity contribution in [3.05, 3.63) is 69.5 Å². The van der Waals surface area contributed by atoms with Crippen LogP contribution in [0.1, 0.15) is 54.0 Å². The molecule has 3 aromatic rings. The van der Waals surface area contributed by atoms with E-state index in [9.17, 15) is 19.1 Å². The summed E-state index contributed by atoms with van der Waals surface area (Å²) in [6, 6.07) is 7.60. The Bertz CT molecular complexity index is 1350. The van der Waals surface area contributed by atoms with Crippen LogP contribution in [0.4, 0.5) is 20.4 Å². The number of aliphatic carboxylic acids is 1. The average molecular weight is 532 g/mol. The third kappa shape index (κ3) is 5.65. The molecule has 0 aliphatic carbocycles. The maximum absolute atomic E-state index is 15.1. The third-order valence-corrected chi connectivity index (χ3v) is 7.20. The lowest BCUT2D eigenvalue weighted by Crippen LogP contribution is -2.49. The van der Waals surface area contributed by atoms with E-state index in [2.05, 4.69) is 20.5 Å². The number of carboxylic acid groups (broad SMARTS) is 1. The van der Waals surface area contributed by atoms with Gasteiger partial charge in [0.05, 0.1) is 16.0 Å². The van der Waals surface area contributed by atoms with Gasteiger partial charge in [-0.25, -0.2) is 13.8 Å². The molecule has 8 nitrogen and oxygen atoms in total. The summed E-state index contributed by atoms with van der Waals surface area (Å²) in [6.45, 7) is 5.62. The zero-order valence-electron chi connectivity index (χ0n) is 20.7. The number of nitrogens with one attached hydrogen (secondary N) is 2. The second-order valence-corrected chi connectivity index (χ2v) is 10.1. The number of anilines is 2. The first kappa shape index (κ1) is 26.7. The van der Waals surface area contributed by atoms with Gasteiger partial charge in [0.15, 0.2) is 23.2 Å². The standard InChI is InChI=1S/C26H28ClF2N5O3/c1-14-9-21(33-32-14)31-24-23(29)19(16(3)35)10-18(30-24)12-26(25(36)37)7-8-34(15(2)11-26)13-17-5-4-6-20(27)22(17)28/h4-6,9-10,15H,7-8,11-13H2,1-3H3,(H,36,37)(H2,30,31,32,33)/t15-,26-/m1/s1. The van der Waals surface area contributed by atoms with Gasteiger partial charge in [-0.1, -0.05) is 23.7 Å². The predicted octanol–water partition coefficient (Wildman–Crippen LogP) is 5.29. The molecule has 1 aliphatic rings. The van der Waals surface area contributed by atoms with Crippen molar-refractivity contribution in [3.8, 4) is 0 Å². The molecule has 2 atom stereocenters. The van der Waals surface area contributed by atoms with E-state index in [-0.39, 0.29) is 47.4 Å². The molecule has 0 radical (unpaired) electrons. The molecule has 11 heteroatoms. The number of carbonyl (C=O) groups excluding carboxylic acids is 1. The van der Waals surface area contributed by atoms with E-state index in [4.69, 9.17) is 11.6 Å². The number of ketones is 1. The number of pyridine rings is 1. The van der Waals surface area contributed by atoms with Crippen molar-refractivity contribution in [1.29, 1.82) is 0 Å². The number of aryl methyl sites for hydroxylation is 1. The number of nitrogens with zero attached hydrogens (tertiary/aromatic N) is 3. The zero-order valence-corrected chi connectivity index (χ0v) is 21.5. The van der Waals surface area contributed by atoms with Gasteiger partial charge >= 0.3 is 5.97 Å². The Morgan fingerprint density at radius 1 is 1.30 bits per heavy atom. The molecule has 2 aromatic heterocycles. The molecule has 1 saturated heterocycles. The monoisotopic (exact) mass is 531 g/mol. The minimum absolute atomic E-state index is 0.000866. The van der Waals surface area contributed by atoms with Crippen LogP contribution in [-0.2, 0) is 17.8 Å². The van der Waals surface area contributed by atoms with Gasteiger partial charge in [0.1, 0.15) is 5.82 Å². The van der Waals surface area contributed by atoms with Crippen molar-refractivity contribution >= 4 is 35.0 Å². The van der Waals surface area contributed by atoms with E-state index in [0.29, 0.717) is 24.5 Å². The first-order chi connectivity index (χ1) is 17.5. The third-order valence-electron chi connectivity index (χ3n) is 6.91. The molecule has 4 rings (SSSR count). The fraction of sp³-hybridized carbons (Fsp3) is 0.385. The van der Waals surface area contributed by atoms with Gasteiger partial charge in [-0.2, -0.15) is 5.10 Å². The smallest absolute Gasteiger partial charge is 0.310 e. The van der Waals surface area contributed by atoms with Crippen molar-refractivity contribution in [2.24, 2.45) is 5.41 Å². The van der Waals surface area contributed by atoms with Crippen molar-refractivity contribution in [1.82, 2.24) is 20.1 Å². The molecular formula is C26H28ClF2N5O3. The van der Waals surface area contributed by atoms with Gasteiger partial charge in [0, 0.05) is 42.0 Å². The maximum Gasteiger partial charge on any atom is 0.310 e. The quantitative estimate of drug-likeness (QED) is 0.339. The lowest BCUT2D eigenvalue weighted by molar-refractivity contribution is -0.153. The number of hydrogen-bond acceptors (Lipinski definition) is 6. The molecular weight excluding hydrogens is 504 g/mol. The minimum Gasteiger partial charge on any atom is -0.481 e. The summed E-state index contributed by atoms with van der Waals surface area (Å²) in [4.78, 5) is 31.1. The van der Waals surface area contributed by atoms with Crippen LogP contribution in [-0.4, -0.2) is 49.5 Å². The van der Waals surface area contributed by atoms with E-state index >= 15 is 4.39 Å². The molecule has 3 N–H and O–H groups in total. The molecule has 3 heterocycles. The lowest BCUT2D eigenvalue weighted by atomic mass is 9.72. The highest BCUT2D eigenvalue weighted by Crippen LogP contribution is 2.39. The number of halogens is 3. The van der Waals surface area contributed by atoms with Gasteiger partial charge in [-0.05, 0) is 52.3 Å². The molecule has 0 amide bonds. The van der Waals surface area contributed by atoms with E-state index in [1.807, 2.05) is 11.8 Å². The summed E-state index contributed by atoms with van der Waals surface area (Å²) in [5.41, 5.74) is 0.0985. The summed E-state index contributed by atoms with van der Waals surface area (Å²) >= 11 is 5.92. The Kier molecular flexibility index (Phi) is 7.61. The van der Waals surface area contributed by atoms with Gasteiger partial charge in [0.25, 0.3) is 0 Å². The number of likely N-dealkylation sites (tertiary alicyclic amines) is 1. The minimum atomic E-state index is -1.19. The van der Waals surface area contributed by atoms with Crippen molar-refractivity contribution in [3.63, 3.8) is 0 Å². The van der Waals surface area contributed by atoms with Crippen LogP contribution in [0.5, 0.6) is 0 Å². The topological polar surface area (TPSA) is 111 Å². The van der Waals surface area contributed by atoms with Crippen LogP contribution in [0, 0.1) is 24.0 Å². The number of benzene rings is 1. The van der Waals surface area contributed by atoms with Crippen molar-refractivity contribution in [2.45, 2.75) is 52.6 Å². The second kappa shape index (κ2) is 10.5. The molecule has 0 bridgehead atoms. The maximum atomic E-state index is 15.1. The normalized spacial score (nSPS) is 20.1. The molecule has 1 fully saturated rings. The van der Waals surface area contributed by atoms with Gasteiger partial charge in [0.2, 0.25) is 0 Å². The summed E-state index contributed by atoms with van der Waals surface area (Å²) in [7, 11) is 0. The number of H-pyrrole nitrogens is 1. The number of piperidine rings is 1. The number of Topliss-reactive ketones (excluding diaryl/α,β-unsaturated/α-hetero) is 1. The Labute approximate surface area is 218 Å². The fourth-order valence-electron chi connectivity index (χ4n) is 4.89. The Morgan fingerprint density at radius 3 is 2.68 bits per heavy atom. The Morgan fingerprint density at radius 2 is 2.05 bits per heavy atom. The molecule has 196 valence electrons. The summed E-state index contributed by atoms with van der Waals surface area (Å²) < 4.78 is 29.5. The molecule has 1 aromatic carbocycles. The Hall–Kier alpha value is -3.37. The number of hydrogen-bond donors (Lipinski definition) is 3. The molecule has 0 unspecified atom stereocenters. The molecule has 1 aliphatic heterocycles. The van der Waals surface area contributed by atoms with Gasteiger partial charge in [-0.15, -0.1) is 0 Å². The SMILES string of the molecule is CC(=O)c1cc(C[C@@]2(C(=O)O)CCN(Cc3cccc(Cl)c3F)[C@H](C)C2)nc(Nc2cc(C)[nH]n2)c1F. The summed E-state index contributed by atoms with van der Waals surface area (Å²) in [5, 5.41) is 19.8. The number of aromatic amines is 1. The average Bonchev–Trinajstić information content (AvgIpc) is 3.24. The van der Waals surface area contributed by atoms with Crippen molar-refractivity contribution < 1.29 is 23.5 Å². The van der Waals surface area contributed by atoms with Crippen LogP contribution in [0.25, 0.3) is 0 Å². The highest BCUT2D eigenvalue weighted by atomic mass is 35.5. The first-order valence-electron chi connectivity index (χ1n) is 11.9. The van der Waals surface area contributed by atoms with Crippen LogP contribution in [0.3, 0.4) is 0 Å². The van der Waals surface area contributed by atoms with E-state index in [0.717, 1.165) is 5.69 Å². The first-order valence-corrected chi connectivity index (χ1v) is 12.3. The number of rotatable bonds is 8.